The van der Waals surface area contributed by atoms with Crippen molar-refractivity contribution in [3.63, 3.8) is 0 Å². The van der Waals surface area contributed by atoms with Crippen molar-refractivity contribution in [2.45, 2.75) is 32.7 Å². The molecule has 0 spiro atoms. The Morgan fingerprint density at radius 3 is 2.67 bits per heavy atom. The third kappa shape index (κ3) is 2.35. The predicted octanol–water partition coefficient (Wildman–Crippen LogP) is 3.33. The van der Waals surface area contributed by atoms with E-state index in [1.165, 1.54) is 24.0 Å². The molecule has 0 radical (unpaired) electrons. The van der Waals surface area contributed by atoms with E-state index in [0.29, 0.717) is 6.04 Å². The number of anilines is 1. The van der Waals surface area contributed by atoms with Crippen LogP contribution >= 0.6 is 0 Å². The van der Waals surface area contributed by atoms with Gasteiger partial charge in [-0.15, -0.1) is 0 Å². The highest BCUT2D eigenvalue weighted by molar-refractivity contribution is 5.61. The Bertz CT molecular complexity index is 574. The Morgan fingerprint density at radius 1 is 1.11 bits per heavy atom. The van der Waals surface area contributed by atoms with Gasteiger partial charge in [0.25, 0.3) is 0 Å². The van der Waals surface area contributed by atoms with Crippen LogP contribution in [-0.2, 0) is 0 Å². The molecule has 0 amide bonds. The zero-order chi connectivity index (χ0) is 12.5. The van der Waals surface area contributed by atoms with Crippen LogP contribution in [0.3, 0.4) is 0 Å². The van der Waals surface area contributed by atoms with Crippen LogP contribution in [-0.4, -0.2) is 16.0 Å². The van der Waals surface area contributed by atoms with E-state index in [9.17, 15) is 0 Å². The van der Waals surface area contributed by atoms with Crippen molar-refractivity contribution in [2.75, 3.05) is 5.32 Å². The molecule has 1 aliphatic rings. The number of aryl methyl sites for hydroxylation is 2. The number of hydrogen-bond donors (Lipinski definition) is 1. The van der Waals surface area contributed by atoms with Gasteiger partial charge in [-0.2, -0.15) is 0 Å². The molecule has 0 aliphatic heterocycles. The summed E-state index contributed by atoms with van der Waals surface area (Å²) in [5.74, 6) is 0.744. The van der Waals surface area contributed by atoms with E-state index >= 15 is 0 Å². The Hall–Kier alpha value is -1.90. The standard InChI is InChI=1S/C15H17N3/c1-10-3-4-12(9-11(10)2)14-7-8-16-15(18-14)17-13-5-6-13/h3-4,7-9,13H,5-6H2,1-2H3,(H,16,17,18). The van der Waals surface area contributed by atoms with Crippen LogP contribution in [0, 0.1) is 13.8 Å². The zero-order valence-electron chi connectivity index (χ0n) is 10.8. The summed E-state index contributed by atoms with van der Waals surface area (Å²) in [5.41, 5.74) is 4.74. The van der Waals surface area contributed by atoms with Gasteiger partial charge in [-0.1, -0.05) is 12.1 Å². The van der Waals surface area contributed by atoms with Crippen LogP contribution in [0.4, 0.5) is 5.95 Å². The normalized spacial score (nSPS) is 14.6. The van der Waals surface area contributed by atoms with Gasteiger partial charge in [0, 0.05) is 17.8 Å². The Kier molecular flexibility index (Phi) is 2.74. The summed E-state index contributed by atoms with van der Waals surface area (Å²) in [7, 11) is 0. The first-order valence-electron chi connectivity index (χ1n) is 6.39. The summed E-state index contributed by atoms with van der Waals surface area (Å²) in [5, 5.41) is 3.33. The molecule has 3 nitrogen and oxygen atoms in total. The molecule has 1 saturated carbocycles. The molecule has 3 rings (SSSR count). The molecule has 1 heterocycles. The molecule has 0 saturated heterocycles. The number of nitrogens with one attached hydrogen (secondary N) is 1. The molecule has 2 aromatic rings. The maximum atomic E-state index is 4.57. The summed E-state index contributed by atoms with van der Waals surface area (Å²) in [6.45, 7) is 4.25. The van der Waals surface area contributed by atoms with Crippen LogP contribution in [0.2, 0.25) is 0 Å². The topological polar surface area (TPSA) is 37.8 Å². The summed E-state index contributed by atoms with van der Waals surface area (Å²) >= 11 is 0. The predicted molar refractivity (Wildman–Crippen MR) is 73.6 cm³/mol. The second kappa shape index (κ2) is 4.41. The van der Waals surface area contributed by atoms with Crippen LogP contribution < -0.4 is 5.32 Å². The number of hydrogen-bond acceptors (Lipinski definition) is 3. The smallest absolute Gasteiger partial charge is 0.223 e. The third-order valence-electron chi connectivity index (χ3n) is 3.37. The maximum Gasteiger partial charge on any atom is 0.223 e. The molecule has 1 aromatic heterocycles. The number of rotatable bonds is 3. The lowest BCUT2D eigenvalue weighted by Gasteiger charge is -2.07. The first kappa shape index (κ1) is 11.2. The van der Waals surface area contributed by atoms with E-state index in [-0.39, 0.29) is 0 Å². The van der Waals surface area contributed by atoms with Gasteiger partial charge in [0.1, 0.15) is 0 Å². The summed E-state index contributed by atoms with van der Waals surface area (Å²) in [6.07, 6.45) is 4.29. The second-order valence-corrected chi connectivity index (χ2v) is 4.98. The van der Waals surface area contributed by atoms with E-state index in [1.807, 2.05) is 12.3 Å². The van der Waals surface area contributed by atoms with Gasteiger partial charge in [-0.25, -0.2) is 9.97 Å². The van der Waals surface area contributed by atoms with E-state index < -0.39 is 0 Å². The fourth-order valence-electron chi connectivity index (χ4n) is 1.90. The van der Waals surface area contributed by atoms with E-state index in [0.717, 1.165) is 17.2 Å². The highest BCUT2D eigenvalue weighted by Gasteiger charge is 2.21. The van der Waals surface area contributed by atoms with E-state index in [1.54, 1.807) is 0 Å². The minimum atomic E-state index is 0.583. The maximum absolute atomic E-state index is 4.57. The van der Waals surface area contributed by atoms with Gasteiger partial charge in [0.05, 0.1) is 5.69 Å². The van der Waals surface area contributed by atoms with Crippen molar-refractivity contribution in [3.05, 3.63) is 41.6 Å². The van der Waals surface area contributed by atoms with Crippen LogP contribution in [0.1, 0.15) is 24.0 Å². The fraction of sp³-hybridized carbons (Fsp3) is 0.333. The summed E-state index contributed by atoms with van der Waals surface area (Å²) in [6, 6.07) is 8.98. The quantitative estimate of drug-likeness (QED) is 0.892. The third-order valence-corrected chi connectivity index (χ3v) is 3.37. The molecule has 1 fully saturated rings. The minimum Gasteiger partial charge on any atom is -0.351 e. The lowest BCUT2D eigenvalue weighted by atomic mass is 10.0. The molecule has 1 aliphatic carbocycles. The van der Waals surface area contributed by atoms with Crippen molar-refractivity contribution in [1.29, 1.82) is 0 Å². The molecule has 0 bridgehead atoms. The van der Waals surface area contributed by atoms with Crippen LogP contribution in [0.25, 0.3) is 11.3 Å². The van der Waals surface area contributed by atoms with Gasteiger partial charge in [0.15, 0.2) is 0 Å². The lowest BCUT2D eigenvalue weighted by molar-refractivity contribution is 1.06. The zero-order valence-corrected chi connectivity index (χ0v) is 10.8. The fourth-order valence-corrected chi connectivity index (χ4v) is 1.90. The molecule has 0 unspecified atom stereocenters. The van der Waals surface area contributed by atoms with Crippen LogP contribution in [0.5, 0.6) is 0 Å². The molecule has 1 N–H and O–H groups in total. The van der Waals surface area contributed by atoms with E-state index in [2.05, 4.69) is 47.3 Å². The Balaban J connectivity index is 1.92. The highest BCUT2D eigenvalue weighted by Crippen LogP contribution is 2.25. The Labute approximate surface area is 107 Å². The molecule has 3 heteroatoms. The van der Waals surface area contributed by atoms with Gasteiger partial charge in [0.2, 0.25) is 5.95 Å². The highest BCUT2D eigenvalue weighted by atomic mass is 15.1. The van der Waals surface area contributed by atoms with Crippen molar-refractivity contribution in [3.8, 4) is 11.3 Å². The average molecular weight is 239 g/mol. The monoisotopic (exact) mass is 239 g/mol. The number of benzene rings is 1. The lowest BCUT2D eigenvalue weighted by Crippen LogP contribution is -2.05. The molecular formula is C15H17N3. The van der Waals surface area contributed by atoms with E-state index in [4.69, 9.17) is 0 Å². The van der Waals surface area contributed by atoms with Crippen molar-refractivity contribution in [2.24, 2.45) is 0 Å². The van der Waals surface area contributed by atoms with Crippen LogP contribution in [0.15, 0.2) is 30.5 Å². The van der Waals surface area contributed by atoms with Crippen molar-refractivity contribution in [1.82, 2.24) is 9.97 Å². The van der Waals surface area contributed by atoms with Crippen molar-refractivity contribution >= 4 is 5.95 Å². The molecular weight excluding hydrogens is 222 g/mol. The summed E-state index contributed by atoms with van der Waals surface area (Å²) in [4.78, 5) is 8.83. The SMILES string of the molecule is Cc1ccc(-c2ccnc(NC3CC3)n2)cc1C. The number of nitrogens with zero attached hydrogens (tertiary/aromatic N) is 2. The molecule has 18 heavy (non-hydrogen) atoms. The van der Waals surface area contributed by atoms with Gasteiger partial charge in [-0.05, 0) is 49.9 Å². The largest absolute Gasteiger partial charge is 0.351 e. The summed E-state index contributed by atoms with van der Waals surface area (Å²) < 4.78 is 0. The van der Waals surface area contributed by atoms with Gasteiger partial charge >= 0.3 is 0 Å². The average Bonchev–Trinajstić information content (AvgIpc) is 3.17. The minimum absolute atomic E-state index is 0.583. The first-order chi connectivity index (χ1) is 8.72. The first-order valence-corrected chi connectivity index (χ1v) is 6.39. The van der Waals surface area contributed by atoms with Crippen molar-refractivity contribution < 1.29 is 0 Å². The number of aromatic nitrogens is 2. The molecule has 1 aromatic carbocycles. The molecule has 92 valence electrons. The molecule has 0 atom stereocenters. The van der Waals surface area contributed by atoms with Gasteiger partial charge in [-0.3, -0.25) is 0 Å². The second-order valence-electron chi connectivity index (χ2n) is 4.98. The Morgan fingerprint density at radius 2 is 1.94 bits per heavy atom. The van der Waals surface area contributed by atoms with Gasteiger partial charge < -0.3 is 5.32 Å².